The lowest BCUT2D eigenvalue weighted by Gasteiger charge is -2.15. The number of nitrogens with one attached hydrogen (secondary N) is 1. The van der Waals surface area contributed by atoms with E-state index in [0.717, 1.165) is 11.3 Å². The summed E-state index contributed by atoms with van der Waals surface area (Å²) >= 11 is 1.34. The SMILES string of the molecule is CC(Sc1nnc(-c2ccc3c(c2)OCO3)n1-c1ccccc1)C(=O)Nc1ccnn1C(C)C. The van der Waals surface area contributed by atoms with Crippen LogP contribution in [0.2, 0.25) is 0 Å². The second kappa shape index (κ2) is 9.22. The van der Waals surface area contributed by atoms with Gasteiger partial charge in [0.1, 0.15) is 5.82 Å². The third kappa shape index (κ3) is 4.24. The molecule has 2 aromatic carbocycles. The van der Waals surface area contributed by atoms with Gasteiger partial charge in [0.25, 0.3) is 0 Å². The number of carbonyl (C=O) groups is 1. The summed E-state index contributed by atoms with van der Waals surface area (Å²) in [5.74, 6) is 2.55. The summed E-state index contributed by atoms with van der Waals surface area (Å²) in [4.78, 5) is 13.0. The zero-order valence-electron chi connectivity index (χ0n) is 19.0. The summed E-state index contributed by atoms with van der Waals surface area (Å²) in [5, 5.41) is 16.3. The highest BCUT2D eigenvalue weighted by Gasteiger charge is 2.24. The number of ether oxygens (including phenoxy) is 2. The number of thioether (sulfide) groups is 1. The van der Waals surface area contributed by atoms with Crippen LogP contribution in [0.15, 0.2) is 66.0 Å². The van der Waals surface area contributed by atoms with Gasteiger partial charge in [0, 0.05) is 23.4 Å². The van der Waals surface area contributed by atoms with Crippen molar-refractivity contribution in [2.45, 2.75) is 37.2 Å². The van der Waals surface area contributed by atoms with Crippen LogP contribution in [0.3, 0.4) is 0 Å². The van der Waals surface area contributed by atoms with Crippen LogP contribution in [0.25, 0.3) is 17.1 Å². The van der Waals surface area contributed by atoms with Gasteiger partial charge in [-0.2, -0.15) is 5.10 Å². The Balaban J connectivity index is 1.45. The monoisotopic (exact) mass is 476 g/mol. The maximum absolute atomic E-state index is 13.0. The molecule has 10 heteroatoms. The minimum atomic E-state index is -0.424. The average Bonchev–Trinajstić information content (AvgIpc) is 3.58. The zero-order chi connectivity index (χ0) is 23.7. The van der Waals surface area contributed by atoms with Crippen molar-refractivity contribution in [3.05, 3.63) is 60.8 Å². The van der Waals surface area contributed by atoms with Gasteiger partial charge >= 0.3 is 0 Å². The summed E-state index contributed by atoms with van der Waals surface area (Å²) in [6, 6.07) is 17.4. The van der Waals surface area contributed by atoms with E-state index in [9.17, 15) is 4.79 Å². The third-order valence-electron chi connectivity index (χ3n) is 5.34. The number of nitrogens with zero attached hydrogens (tertiary/aromatic N) is 5. The molecule has 1 unspecified atom stereocenters. The molecule has 0 radical (unpaired) electrons. The van der Waals surface area contributed by atoms with Gasteiger partial charge in [-0.1, -0.05) is 30.0 Å². The zero-order valence-corrected chi connectivity index (χ0v) is 19.8. The highest BCUT2D eigenvalue weighted by molar-refractivity contribution is 8.00. The van der Waals surface area contributed by atoms with Gasteiger partial charge in [0.2, 0.25) is 12.7 Å². The Hall–Kier alpha value is -3.79. The molecule has 0 aliphatic carbocycles. The van der Waals surface area contributed by atoms with Crippen LogP contribution >= 0.6 is 11.8 Å². The van der Waals surface area contributed by atoms with Crippen molar-refractivity contribution in [3.63, 3.8) is 0 Å². The van der Waals surface area contributed by atoms with Crippen molar-refractivity contribution in [3.8, 4) is 28.6 Å². The number of rotatable bonds is 7. The van der Waals surface area contributed by atoms with E-state index < -0.39 is 5.25 Å². The van der Waals surface area contributed by atoms with Crippen molar-refractivity contribution < 1.29 is 14.3 Å². The highest BCUT2D eigenvalue weighted by atomic mass is 32.2. The topological polar surface area (TPSA) is 96.1 Å². The quantitative estimate of drug-likeness (QED) is 0.391. The molecule has 9 nitrogen and oxygen atoms in total. The van der Waals surface area contributed by atoms with Crippen LogP contribution in [0.1, 0.15) is 26.8 Å². The first kappa shape index (κ1) is 22.0. The standard InChI is InChI=1S/C24H24N6O3S/c1-15(2)30-21(11-12-25-30)26-23(31)16(3)34-24-28-27-22(29(24)18-7-5-4-6-8-18)17-9-10-19-20(13-17)33-14-32-19/h4-13,15-16H,14H2,1-3H3,(H,26,31). The fraction of sp³-hybridized carbons (Fsp3) is 0.250. The molecule has 1 aliphatic rings. The van der Waals surface area contributed by atoms with Crippen LogP contribution in [0.4, 0.5) is 5.82 Å². The maximum atomic E-state index is 13.0. The second-order valence-electron chi connectivity index (χ2n) is 8.05. The van der Waals surface area contributed by atoms with Gasteiger partial charge in [-0.05, 0) is 51.1 Å². The Morgan fingerprint density at radius 2 is 1.82 bits per heavy atom. The first-order chi connectivity index (χ1) is 16.5. The van der Waals surface area contributed by atoms with Crippen LogP contribution in [0, 0.1) is 0 Å². The Bertz CT molecular complexity index is 1320. The van der Waals surface area contributed by atoms with Crippen molar-refractivity contribution in [2.75, 3.05) is 12.1 Å². The Morgan fingerprint density at radius 3 is 2.62 bits per heavy atom. The maximum Gasteiger partial charge on any atom is 0.238 e. The van der Waals surface area contributed by atoms with Gasteiger partial charge in [0.05, 0.1) is 11.4 Å². The van der Waals surface area contributed by atoms with Crippen molar-refractivity contribution >= 4 is 23.5 Å². The molecule has 34 heavy (non-hydrogen) atoms. The molecule has 4 aromatic rings. The summed E-state index contributed by atoms with van der Waals surface area (Å²) in [5.41, 5.74) is 1.73. The van der Waals surface area contributed by atoms with E-state index in [2.05, 4.69) is 20.6 Å². The molecule has 3 heterocycles. The summed E-state index contributed by atoms with van der Waals surface area (Å²) < 4.78 is 14.7. The second-order valence-corrected chi connectivity index (χ2v) is 9.36. The Kier molecular flexibility index (Phi) is 5.97. The molecule has 0 spiro atoms. The fourth-order valence-electron chi connectivity index (χ4n) is 3.64. The van der Waals surface area contributed by atoms with Crippen molar-refractivity contribution in [2.24, 2.45) is 0 Å². The summed E-state index contributed by atoms with van der Waals surface area (Å²) in [6.45, 7) is 6.08. The van der Waals surface area contributed by atoms with E-state index in [0.29, 0.717) is 28.3 Å². The van der Waals surface area contributed by atoms with Crippen molar-refractivity contribution in [1.82, 2.24) is 24.5 Å². The summed E-state index contributed by atoms with van der Waals surface area (Å²) in [6.07, 6.45) is 1.68. The number of hydrogen-bond acceptors (Lipinski definition) is 7. The number of fused-ring (bicyclic) bond motifs is 1. The van der Waals surface area contributed by atoms with Crippen molar-refractivity contribution in [1.29, 1.82) is 0 Å². The number of carbonyl (C=O) groups excluding carboxylic acids is 1. The van der Waals surface area contributed by atoms with Gasteiger partial charge in [0.15, 0.2) is 22.5 Å². The Morgan fingerprint density at radius 1 is 1.03 bits per heavy atom. The minimum absolute atomic E-state index is 0.138. The number of amides is 1. The lowest BCUT2D eigenvalue weighted by Crippen LogP contribution is -2.25. The molecule has 1 N–H and O–H groups in total. The van der Waals surface area contributed by atoms with Crippen LogP contribution in [0.5, 0.6) is 11.5 Å². The average molecular weight is 477 g/mol. The van der Waals surface area contributed by atoms with Gasteiger partial charge < -0.3 is 14.8 Å². The number of aromatic nitrogens is 5. The molecule has 174 valence electrons. The van der Waals surface area contributed by atoms with E-state index >= 15 is 0 Å². The normalized spacial score (nSPS) is 13.3. The van der Waals surface area contributed by atoms with E-state index in [1.807, 2.05) is 73.9 Å². The van der Waals surface area contributed by atoms with Crippen LogP contribution in [-0.4, -0.2) is 42.5 Å². The van der Waals surface area contributed by atoms with E-state index in [1.54, 1.807) is 16.9 Å². The van der Waals surface area contributed by atoms with Gasteiger partial charge in [-0.25, -0.2) is 4.68 Å². The van der Waals surface area contributed by atoms with Gasteiger partial charge in [-0.3, -0.25) is 9.36 Å². The number of anilines is 1. The lowest BCUT2D eigenvalue weighted by molar-refractivity contribution is -0.115. The molecule has 0 fully saturated rings. The molecule has 1 amide bonds. The van der Waals surface area contributed by atoms with E-state index in [-0.39, 0.29) is 18.7 Å². The smallest absolute Gasteiger partial charge is 0.238 e. The molecule has 1 atom stereocenters. The molecule has 0 saturated carbocycles. The summed E-state index contributed by atoms with van der Waals surface area (Å²) in [7, 11) is 0. The first-order valence-electron chi connectivity index (χ1n) is 10.9. The molecular formula is C24H24N6O3S. The molecule has 1 aliphatic heterocycles. The predicted molar refractivity (Wildman–Crippen MR) is 129 cm³/mol. The molecular weight excluding hydrogens is 452 g/mol. The predicted octanol–water partition coefficient (Wildman–Crippen LogP) is 4.56. The first-order valence-corrected chi connectivity index (χ1v) is 11.8. The molecule has 2 aromatic heterocycles. The molecule has 0 bridgehead atoms. The number of benzene rings is 2. The third-order valence-corrected chi connectivity index (χ3v) is 6.38. The fourth-order valence-corrected chi connectivity index (χ4v) is 4.51. The lowest BCUT2D eigenvalue weighted by atomic mass is 10.2. The highest BCUT2D eigenvalue weighted by Crippen LogP contribution is 2.37. The minimum Gasteiger partial charge on any atom is -0.454 e. The van der Waals surface area contributed by atoms with Gasteiger partial charge in [-0.15, -0.1) is 10.2 Å². The van der Waals surface area contributed by atoms with E-state index in [4.69, 9.17) is 9.47 Å². The number of hydrogen-bond donors (Lipinski definition) is 1. The largest absolute Gasteiger partial charge is 0.454 e. The van der Waals surface area contributed by atoms with Crippen LogP contribution in [-0.2, 0) is 4.79 Å². The number of para-hydroxylation sites is 1. The van der Waals surface area contributed by atoms with Crippen LogP contribution < -0.4 is 14.8 Å². The molecule has 0 saturated heterocycles. The Labute approximate surface area is 201 Å². The molecule has 5 rings (SSSR count). The van der Waals surface area contributed by atoms with E-state index in [1.165, 1.54) is 11.8 Å².